The van der Waals surface area contributed by atoms with E-state index in [9.17, 15) is 4.79 Å². The fourth-order valence-electron chi connectivity index (χ4n) is 3.85. The SMILES string of the molecule is O=C(NC1CCOc2ccccc21)c1cc(-c2ccccc2)nc2ccccc12. The van der Waals surface area contributed by atoms with Crippen LogP contribution in [0.25, 0.3) is 22.2 Å². The third-order valence-electron chi connectivity index (χ3n) is 5.29. The quantitative estimate of drug-likeness (QED) is 0.534. The number of nitrogens with one attached hydrogen (secondary N) is 1. The highest BCUT2D eigenvalue weighted by molar-refractivity contribution is 6.07. The van der Waals surface area contributed by atoms with Gasteiger partial charge < -0.3 is 10.1 Å². The summed E-state index contributed by atoms with van der Waals surface area (Å²) in [5.41, 5.74) is 4.25. The molecule has 142 valence electrons. The lowest BCUT2D eigenvalue weighted by molar-refractivity contribution is 0.0926. The molecular weight excluding hydrogens is 360 g/mol. The Kier molecular flexibility index (Phi) is 4.45. The van der Waals surface area contributed by atoms with Crippen LogP contribution < -0.4 is 10.1 Å². The summed E-state index contributed by atoms with van der Waals surface area (Å²) in [6.07, 6.45) is 0.747. The molecule has 0 fully saturated rings. The smallest absolute Gasteiger partial charge is 0.252 e. The van der Waals surface area contributed by atoms with Crippen molar-refractivity contribution in [1.82, 2.24) is 10.3 Å². The molecule has 4 heteroatoms. The van der Waals surface area contributed by atoms with Gasteiger partial charge in [0.25, 0.3) is 5.91 Å². The Morgan fingerprint density at radius 1 is 0.931 bits per heavy atom. The van der Waals surface area contributed by atoms with Crippen LogP contribution in [0, 0.1) is 0 Å². The molecule has 0 radical (unpaired) electrons. The minimum absolute atomic E-state index is 0.0699. The second-order valence-electron chi connectivity index (χ2n) is 7.14. The van der Waals surface area contributed by atoms with Gasteiger partial charge in [0, 0.05) is 22.9 Å². The first-order chi connectivity index (χ1) is 14.3. The maximum absolute atomic E-state index is 13.3. The molecule has 1 N–H and O–H groups in total. The Morgan fingerprint density at radius 3 is 2.59 bits per heavy atom. The van der Waals surface area contributed by atoms with Gasteiger partial charge >= 0.3 is 0 Å². The topological polar surface area (TPSA) is 51.2 Å². The van der Waals surface area contributed by atoms with Crippen LogP contribution in [0.3, 0.4) is 0 Å². The zero-order chi connectivity index (χ0) is 19.6. The van der Waals surface area contributed by atoms with Crippen molar-refractivity contribution in [3.63, 3.8) is 0 Å². The minimum Gasteiger partial charge on any atom is -0.493 e. The predicted octanol–water partition coefficient (Wildman–Crippen LogP) is 5.16. The Bertz CT molecular complexity index is 1190. The number of aromatic nitrogens is 1. The van der Waals surface area contributed by atoms with E-state index < -0.39 is 0 Å². The van der Waals surface area contributed by atoms with Crippen LogP contribution in [0.5, 0.6) is 5.75 Å². The largest absolute Gasteiger partial charge is 0.493 e. The van der Waals surface area contributed by atoms with Crippen LogP contribution in [0.1, 0.15) is 28.4 Å². The van der Waals surface area contributed by atoms with Gasteiger partial charge in [-0.05, 0) is 18.2 Å². The number of pyridine rings is 1. The number of benzene rings is 3. The van der Waals surface area contributed by atoms with Crippen LogP contribution in [-0.2, 0) is 0 Å². The molecule has 1 aliphatic heterocycles. The molecular formula is C25H20N2O2. The number of para-hydroxylation sites is 2. The predicted molar refractivity (Wildman–Crippen MR) is 114 cm³/mol. The number of carbonyl (C=O) groups excluding carboxylic acids is 1. The molecule has 1 amide bonds. The molecule has 1 atom stereocenters. The molecule has 0 bridgehead atoms. The van der Waals surface area contributed by atoms with Gasteiger partial charge in [-0.3, -0.25) is 4.79 Å². The number of carbonyl (C=O) groups is 1. The van der Waals surface area contributed by atoms with Crippen molar-refractivity contribution in [2.45, 2.75) is 12.5 Å². The summed E-state index contributed by atoms with van der Waals surface area (Å²) in [4.78, 5) is 18.1. The number of fused-ring (bicyclic) bond motifs is 2. The zero-order valence-corrected chi connectivity index (χ0v) is 15.8. The second-order valence-corrected chi connectivity index (χ2v) is 7.14. The molecule has 1 aromatic heterocycles. The first-order valence-corrected chi connectivity index (χ1v) is 9.77. The normalized spacial score (nSPS) is 15.4. The van der Waals surface area contributed by atoms with Gasteiger partial charge in [-0.1, -0.05) is 66.7 Å². The van der Waals surface area contributed by atoms with Crippen LogP contribution in [-0.4, -0.2) is 17.5 Å². The van der Waals surface area contributed by atoms with Crippen molar-refractivity contribution >= 4 is 16.8 Å². The van der Waals surface area contributed by atoms with Gasteiger partial charge in [0.2, 0.25) is 0 Å². The summed E-state index contributed by atoms with van der Waals surface area (Å²) in [6.45, 7) is 0.592. The molecule has 0 aliphatic carbocycles. The van der Waals surface area contributed by atoms with Crippen LogP contribution in [0.2, 0.25) is 0 Å². The molecule has 0 spiro atoms. The first kappa shape index (κ1) is 17.4. The Hall–Kier alpha value is -3.66. The molecule has 2 heterocycles. The maximum Gasteiger partial charge on any atom is 0.252 e. The maximum atomic E-state index is 13.3. The fraction of sp³-hybridized carbons (Fsp3) is 0.120. The third-order valence-corrected chi connectivity index (χ3v) is 5.29. The molecule has 0 saturated carbocycles. The van der Waals surface area contributed by atoms with E-state index in [4.69, 9.17) is 9.72 Å². The van der Waals surface area contributed by atoms with E-state index in [0.717, 1.165) is 39.9 Å². The van der Waals surface area contributed by atoms with E-state index in [2.05, 4.69) is 5.32 Å². The van der Waals surface area contributed by atoms with Crippen molar-refractivity contribution in [2.75, 3.05) is 6.61 Å². The van der Waals surface area contributed by atoms with Gasteiger partial charge in [-0.2, -0.15) is 0 Å². The summed E-state index contributed by atoms with van der Waals surface area (Å²) in [5, 5.41) is 4.07. The lowest BCUT2D eigenvalue weighted by atomic mass is 9.99. The number of hydrogen-bond donors (Lipinski definition) is 1. The molecule has 0 saturated heterocycles. The standard InChI is InChI=1S/C25H20N2O2/c28-25(27-22-14-15-29-24-13-7-5-11-19(22)24)20-16-23(17-8-2-1-3-9-17)26-21-12-6-4-10-18(20)21/h1-13,16,22H,14-15H2,(H,27,28). The van der Waals surface area contributed by atoms with E-state index >= 15 is 0 Å². The van der Waals surface area contributed by atoms with Gasteiger partial charge in [0.15, 0.2) is 0 Å². The van der Waals surface area contributed by atoms with Crippen molar-refractivity contribution in [3.05, 3.63) is 96.1 Å². The molecule has 3 aromatic carbocycles. The monoisotopic (exact) mass is 380 g/mol. The van der Waals surface area contributed by atoms with Crippen molar-refractivity contribution in [2.24, 2.45) is 0 Å². The summed E-state index contributed by atoms with van der Waals surface area (Å²) in [5.74, 6) is 0.746. The molecule has 29 heavy (non-hydrogen) atoms. The number of rotatable bonds is 3. The van der Waals surface area contributed by atoms with E-state index in [-0.39, 0.29) is 11.9 Å². The lowest BCUT2D eigenvalue weighted by Crippen LogP contribution is -2.32. The van der Waals surface area contributed by atoms with Gasteiger partial charge in [-0.25, -0.2) is 4.98 Å². The average molecular weight is 380 g/mol. The van der Waals surface area contributed by atoms with Gasteiger partial charge in [-0.15, -0.1) is 0 Å². The first-order valence-electron chi connectivity index (χ1n) is 9.77. The van der Waals surface area contributed by atoms with E-state index in [0.29, 0.717) is 12.2 Å². The molecule has 1 unspecified atom stereocenters. The summed E-state index contributed by atoms with van der Waals surface area (Å²) in [6, 6.07) is 27.4. The van der Waals surface area contributed by atoms with Gasteiger partial charge in [0.1, 0.15) is 5.75 Å². The number of hydrogen-bond acceptors (Lipinski definition) is 3. The molecule has 1 aliphatic rings. The van der Waals surface area contributed by atoms with E-state index in [1.807, 2.05) is 84.9 Å². The van der Waals surface area contributed by atoms with Crippen molar-refractivity contribution in [3.8, 4) is 17.0 Å². The zero-order valence-electron chi connectivity index (χ0n) is 15.8. The Balaban J connectivity index is 1.55. The lowest BCUT2D eigenvalue weighted by Gasteiger charge is -2.26. The van der Waals surface area contributed by atoms with Crippen LogP contribution in [0.15, 0.2) is 84.9 Å². The van der Waals surface area contributed by atoms with E-state index in [1.54, 1.807) is 0 Å². The summed E-state index contributed by atoms with van der Waals surface area (Å²) >= 11 is 0. The Labute approximate surface area is 169 Å². The minimum atomic E-state index is -0.0949. The summed E-state index contributed by atoms with van der Waals surface area (Å²) < 4.78 is 5.73. The number of amides is 1. The summed E-state index contributed by atoms with van der Waals surface area (Å²) in [7, 11) is 0. The fourth-order valence-corrected chi connectivity index (χ4v) is 3.85. The highest BCUT2D eigenvalue weighted by Crippen LogP contribution is 2.32. The molecule has 5 rings (SSSR count). The van der Waals surface area contributed by atoms with E-state index in [1.165, 1.54) is 0 Å². The van der Waals surface area contributed by atoms with Crippen LogP contribution in [0.4, 0.5) is 0 Å². The highest BCUT2D eigenvalue weighted by atomic mass is 16.5. The number of ether oxygens (including phenoxy) is 1. The third kappa shape index (κ3) is 3.34. The number of nitrogens with zero attached hydrogens (tertiary/aromatic N) is 1. The average Bonchev–Trinajstić information content (AvgIpc) is 2.79. The Morgan fingerprint density at radius 2 is 1.69 bits per heavy atom. The second kappa shape index (κ2) is 7.40. The van der Waals surface area contributed by atoms with Crippen LogP contribution >= 0.6 is 0 Å². The highest BCUT2D eigenvalue weighted by Gasteiger charge is 2.24. The molecule has 4 nitrogen and oxygen atoms in total. The van der Waals surface area contributed by atoms with Crippen molar-refractivity contribution in [1.29, 1.82) is 0 Å². The van der Waals surface area contributed by atoms with Gasteiger partial charge in [0.05, 0.1) is 29.4 Å². The molecule has 4 aromatic rings. The van der Waals surface area contributed by atoms with Crippen molar-refractivity contribution < 1.29 is 9.53 Å².